The van der Waals surface area contributed by atoms with Gasteiger partial charge in [-0.1, -0.05) is 6.07 Å². The Kier molecular flexibility index (Phi) is 5.81. The maximum atomic E-state index is 13.9. The lowest BCUT2D eigenvalue weighted by atomic mass is 10.2. The number of carbonyl (C=O) groups is 1. The number of ether oxygens (including phenoxy) is 1. The first kappa shape index (κ1) is 19.0. The second kappa shape index (κ2) is 8.26. The van der Waals surface area contributed by atoms with Crippen molar-refractivity contribution in [3.05, 3.63) is 70.7 Å². The molecule has 1 aromatic heterocycles. The summed E-state index contributed by atoms with van der Waals surface area (Å²) >= 11 is 1.32. The van der Waals surface area contributed by atoms with Gasteiger partial charge in [-0.05, 0) is 48.9 Å². The van der Waals surface area contributed by atoms with Crippen LogP contribution in [0.1, 0.15) is 23.0 Å². The number of rotatable bonds is 6. The summed E-state index contributed by atoms with van der Waals surface area (Å²) in [5.41, 5.74) is 1.73. The van der Waals surface area contributed by atoms with Gasteiger partial charge in [-0.25, -0.2) is 13.8 Å². The second-order valence-electron chi connectivity index (χ2n) is 5.83. The third-order valence-corrected chi connectivity index (χ3v) is 4.96. The van der Waals surface area contributed by atoms with Crippen molar-refractivity contribution in [3.63, 3.8) is 0 Å². The lowest BCUT2D eigenvalue weighted by Gasteiger charge is -2.20. The maximum Gasteiger partial charge on any atom is 0.273 e. The molecule has 0 atom stereocenters. The number of benzene rings is 2. The van der Waals surface area contributed by atoms with Crippen LogP contribution in [0.3, 0.4) is 0 Å². The fourth-order valence-electron chi connectivity index (χ4n) is 2.61. The molecule has 0 unspecified atom stereocenters. The molecule has 1 heterocycles. The quantitative estimate of drug-likeness (QED) is 0.611. The third-order valence-electron chi connectivity index (χ3n) is 4.07. The maximum absolute atomic E-state index is 13.9. The van der Waals surface area contributed by atoms with E-state index in [2.05, 4.69) is 4.98 Å². The average molecular weight is 388 g/mol. The first-order chi connectivity index (χ1) is 13.0. The van der Waals surface area contributed by atoms with Gasteiger partial charge in [0.1, 0.15) is 16.5 Å². The molecular weight excluding hydrogens is 370 g/mol. The van der Waals surface area contributed by atoms with E-state index in [9.17, 15) is 13.6 Å². The molecule has 140 valence electrons. The number of amides is 1. The zero-order valence-electron chi connectivity index (χ0n) is 14.9. The first-order valence-electron chi connectivity index (χ1n) is 8.35. The minimum atomic E-state index is -0.467. The van der Waals surface area contributed by atoms with Crippen LogP contribution in [-0.2, 0) is 6.54 Å². The van der Waals surface area contributed by atoms with Crippen molar-refractivity contribution in [2.45, 2.75) is 13.5 Å². The predicted molar refractivity (Wildman–Crippen MR) is 101 cm³/mol. The molecule has 3 aromatic rings. The van der Waals surface area contributed by atoms with Gasteiger partial charge in [0.2, 0.25) is 0 Å². The van der Waals surface area contributed by atoms with Crippen LogP contribution in [0.15, 0.2) is 47.8 Å². The van der Waals surface area contributed by atoms with Crippen LogP contribution in [0.25, 0.3) is 10.6 Å². The topological polar surface area (TPSA) is 42.4 Å². The number of hydrogen-bond donors (Lipinski definition) is 0. The zero-order valence-corrected chi connectivity index (χ0v) is 15.7. The van der Waals surface area contributed by atoms with E-state index in [-0.39, 0.29) is 24.0 Å². The SMILES string of the molecule is CCN(Cc1ccc(OC)c(F)c1)C(=O)c1csc(-c2ccc(F)cc2)n1. The lowest BCUT2D eigenvalue weighted by molar-refractivity contribution is 0.0747. The molecule has 0 aliphatic heterocycles. The summed E-state index contributed by atoms with van der Waals surface area (Å²) in [6.07, 6.45) is 0. The molecule has 0 N–H and O–H groups in total. The summed E-state index contributed by atoms with van der Waals surface area (Å²) in [7, 11) is 1.40. The Morgan fingerprint density at radius 3 is 2.56 bits per heavy atom. The van der Waals surface area contributed by atoms with Crippen molar-refractivity contribution in [1.82, 2.24) is 9.88 Å². The first-order valence-corrected chi connectivity index (χ1v) is 9.23. The summed E-state index contributed by atoms with van der Waals surface area (Å²) in [6, 6.07) is 10.6. The van der Waals surface area contributed by atoms with E-state index < -0.39 is 5.82 Å². The molecule has 0 aliphatic carbocycles. The monoisotopic (exact) mass is 388 g/mol. The highest BCUT2D eigenvalue weighted by Crippen LogP contribution is 2.25. The molecule has 0 saturated heterocycles. The minimum absolute atomic E-state index is 0.163. The highest BCUT2D eigenvalue weighted by Gasteiger charge is 2.19. The number of hydrogen-bond acceptors (Lipinski definition) is 4. The van der Waals surface area contributed by atoms with Crippen molar-refractivity contribution in [2.75, 3.05) is 13.7 Å². The molecule has 7 heteroatoms. The number of aromatic nitrogens is 1. The van der Waals surface area contributed by atoms with Crippen LogP contribution >= 0.6 is 11.3 Å². The van der Waals surface area contributed by atoms with Gasteiger partial charge in [-0.3, -0.25) is 4.79 Å². The van der Waals surface area contributed by atoms with Gasteiger partial charge < -0.3 is 9.64 Å². The van der Waals surface area contributed by atoms with E-state index in [0.29, 0.717) is 22.8 Å². The van der Waals surface area contributed by atoms with Gasteiger partial charge in [0, 0.05) is 24.0 Å². The minimum Gasteiger partial charge on any atom is -0.494 e. The van der Waals surface area contributed by atoms with Crippen LogP contribution in [-0.4, -0.2) is 29.4 Å². The fourth-order valence-corrected chi connectivity index (χ4v) is 3.41. The van der Waals surface area contributed by atoms with Gasteiger partial charge in [0.15, 0.2) is 11.6 Å². The lowest BCUT2D eigenvalue weighted by Crippen LogP contribution is -2.30. The van der Waals surface area contributed by atoms with E-state index in [1.54, 1.807) is 34.5 Å². The molecule has 27 heavy (non-hydrogen) atoms. The summed E-state index contributed by atoms with van der Waals surface area (Å²) in [5, 5.41) is 2.32. The summed E-state index contributed by atoms with van der Waals surface area (Å²) < 4.78 is 31.9. The number of nitrogens with zero attached hydrogens (tertiary/aromatic N) is 2. The average Bonchev–Trinajstić information content (AvgIpc) is 3.16. The number of methoxy groups -OCH3 is 1. The molecule has 1 amide bonds. The Bertz CT molecular complexity index is 941. The van der Waals surface area contributed by atoms with Gasteiger partial charge in [-0.2, -0.15) is 0 Å². The largest absolute Gasteiger partial charge is 0.494 e. The number of carbonyl (C=O) groups excluding carboxylic acids is 1. The number of halogens is 2. The van der Waals surface area contributed by atoms with E-state index >= 15 is 0 Å². The van der Waals surface area contributed by atoms with E-state index in [1.807, 2.05) is 6.92 Å². The molecule has 0 saturated carbocycles. The zero-order chi connectivity index (χ0) is 19.4. The smallest absolute Gasteiger partial charge is 0.273 e. The normalized spacial score (nSPS) is 10.7. The molecule has 0 spiro atoms. The van der Waals surface area contributed by atoms with Crippen molar-refractivity contribution < 1.29 is 18.3 Å². The van der Waals surface area contributed by atoms with Crippen molar-refractivity contribution in [1.29, 1.82) is 0 Å². The Labute approximate surface area is 160 Å². The van der Waals surface area contributed by atoms with Crippen LogP contribution in [0.2, 0.25) is 0 Å². The van der Waals surface area contributed by atoms with Crippen molar-refractivity contribution in [3.8, 4) is 16.3 Å². The summed E-state index contributed by atoms with van der Waals surface area (Å²) in [6.45, 7) is 2.57. The van der Waals surface area contributed by atoms with E-state index in [1.165, 1.54) is 36.6 Å². The fraction of sp³-hybridized carbons (Fsp3) is 0.200. The standard InChI is InChI=1S/C20H18F2N2O2S/c1-3-24(11-13-4-9-18(26-2)16(22)10-13)20(25)17-12-27-19(23-17)14-5-7-15(21)8-6-14/h4-10,12H,3,11H2,1-2H3. The van der Waals surface area contributed by atoms with Gasteiger partial charge >= 0.3 is 0 Å². The third kappa shape index (κ3) is 4.31. The van der Waals surface area contributed by atoms with Crippen molar-refractivity contribution in [2.24, 2.45) is 0 Å². The van der Waals surface area contributed by atoms with Crippen molar-refractivity contribution >= 4 is 17.2 Å². The highest BCUT2D eigenvalue weighted by molar-refractivity contribution is 7.13. The molecule has 0 fully saturated rings. The Hall–Kier alpha value is -2.80. The van der Waals surface area contributed by atoms with Gasteiger partial charge in [-0.15, -0.1) is 11.3 Å². The summed E-state index contributed by atoms with van der Waals surface area (Å²) in [5.74, 6) is -0.865. The molecule has 2 aromatic carbocycles. The van der Waals surface area contributed by atoms with E-state index in [4.69, 9.17) is 4.74 Å². The van der Waals surface area contributed by atoms with Crippen LogP contribution in [0, 0.1) is 11.6 Å². The highest BCUT2D eigenvalue weighted by atomic mass is 32.1. The molecule has 0 aliphatic rings. The van der Waals surface area contributed by atoms with Crippen LogP contribution in [0.4, 0.5) is 8.78 Å². The predicted octanol–water partition coefficient (Wildman–Crippen LogP) is 4.76. The molecule has 3 rings (SSSR count). The second-order valence-corrected chi connectivity index (χ2v) is 6.69. The summed E-state index contributed by atoms with van der Waals surface area (Å²) in [4.78, 5) is 18.7. The Morgan fingerprint density at radius 1 is 1.19 bits per heavy atom. The molecular formula is C20H18F2N2O2S. The van der Waals surface area contributed by atoms with E-state index in [0.717, 1.165) is 5.56 Å². The number of thiazole rings is 1. The Balaban J connectivity index is 1.77. The molecule has 4 nitrogen and oxygen atoms in total. The van der Waals surface area contributed by atoms with Crippen LogP contribution in [0.5, 0.6) is 5.75 Å². The Morgan fingerprint density at radius 2 is 1.93 bits per heavy atom. The van der Waals surface area contributed by atoms with Gasteiger partial charge in [0.05, 0.1) is 7.11 Å². The van der Waals surface area contributed by atoms with Crippen LogP contribution < -0.4 is 4.74 Å². The van der Waals surface area contributed by atoms with Gasteiger partial charge in [0.25, 0.3) is 5.91 Å². The molecule has 0 radical (unpaired) electrons. The molecule has 0 bridgehead atoms.